The smallest absolute Gasteiger partial charge is 0.410 e. The number of amides is 1. The number of hydrogen-bond acceptors (Lipinski definition) is 3. The Kier molecular flexibility index (Phi) is 8.34. The Hall–Kier alpha value is -1.66. The summed E-state index contributed by atoms with van der Waals surface area (Å²) in [6.45, 7) is 7.47. The van der Waals surface area contributed by atoms with Crippen LogP contribution in [0.5, 0.6) is 0 Å². The average molecular weight is 550 g/mol. The van der Waals surface area contributed by atoms with Gasteiger partial charge in [0.25, 0.3) is 0 Å². The predicted molar refractivity (Wildman–Crippen MR) is 134 cm³/mol. The molecule has 2 heterocycles. The normalized spacial score (nSPS) is 18.3. The van der Waals surface area contributed by atoms with Crippen molar-refractivity contribution in [2.24, 2.45) is 4.99 Å². The molecule has 0 aliphatic carbocycles. The van der Waals surface area contributed by atoms with Gasteiger partial charge in [-0.2, -0.15) is 0 Å². The van der Waals surface area contributed by atoms with Gasteiger partial charge in [-0.15, -0.1) is 0 Å². The van der Waals surface area contributed by atoms with Gasteiger partial charge in [-0.1, -0.05) is 56.1 Å². The van der Waals surface area contributed by atoms with Gasteiger partial charge < -0.3 is 9.64 Å². The number of benzene rings is 2. The predicted octanol–water partition coefficient (Wildman–Crippen LogP) is 7.55. The second-order valence-corrected chi connectivity index (χ2v) is 10.7. The van der Waals surface area contributed by atoms with Crippen molar-refractivity contribution in [1.82, 2.24) is 4.90 Å². The molecule has 1 fully saturated rings. The molecule has 0 N–H and O–H groups in total. The van der Waals surface area contributed by atoms with Crippen LogP contribution in [0.25, 0.3) is 0 Å². The zero-order chi connectivity index (χ0) is 22.4. The summed E-state index contributed by atoms with van der Waals surface area (Å²) >= 11 is 6.85. The second-order valence-electron chi connectivity index (χ2n) is 8.82. The van der Waals surface area contributed by atoms with E-state index in [2.05, 4.69) is 73.3 Å². The van der Waals surface area contributed by atoms with Gasteiger partial charge in [-0.05, 0) is 81.8 Å². The maximum absolute atomic E-state index is 12.2. The van der Waals surface area contributed by atoms with Crippen LogP contribution in [0.2, 0.25) is 0 Å². The molecular weight excluding hydrogens is 520 g/mol. The topological polar surface area (TPSA) is 41.9 Å². The number of hydrogen-bond donors (Lipinski definition) is 0. The lowest BCUT2D eigenvalue weighted by atomic mass is 10.1. The zero-order valence-corrected chi connectivity index (χ0v) is 21.6. The van der Waals surface area contributed by atoms with Gasteiger partial charge in [-0.25, -0.2) is 4.79 Å². The van der Waals surface area contributed by atoms with E-state index in [4.69, 9.17) is 4.74 Å². The van der Waals surface area contributed by atoms with Gasteiger partial charge >= 0.3 is 6.09 Å². The fraction of sp³-hybridized carbons (Fsp3) is 0.440. The highest BCUT2D eigenvalue weighted by Crippen LogP contribution is 2.33. The minimum atomic E-state index is -0.441. The van der Waals surface area contributed by atoms with Crippen molar-refractivity contribution in [3.05, 3.63) is 68.6 Å². The summed E-state index contributed by atoms with van der Waals surface area (Å²) in [5.74, 6) is 0. The van der Waals surface area contributed by atoms with Crippen LogP contribution in [0.3, 0.4) is 0 Å². The number of aliphatic imine (C=N–C) groups is 1. The Labute approximate surface area is 202 Å². The largest absolute Gasteiger partial charge is 0.444 e. The van der Waals surface area contributed by atoms with Crippen LogP contribution in [-0.2, 0) is 4.74 Å². The lowest BCUT2D eigenvalue weighted by Gasteiger charge is -2.28. The molecule has 0 radical (unpaired) electrons. The first-order valence-corrected chi connectivity index (χ1v) is 12.4. The first-order chi connectivity index (χ1) is 14.7. The van der Waals surface area contributed by atoms with Crippen LogP contribution in [0.4, 0.5) is 4.79 Å². The van der Waals surface area contributed by atoms with Gasteiger partial charge in [-0.3, -0.25) is 4.99 Å². The van der Waals surface area contributed by atoms with Crippen molar-refractivity contribution in [3.63, 3.8) is 0 Å². The molecule has 2 aromatic rings. The Balaban J connectivity index is 0.000000194. The molecule has 1 unspecified atom stereocenters. The van der Waals surface area contributed by atoms with Crippen LogP contribution in [0, 0.1) is 0 Å². The number of ether oxygens (including phenoxy) is 1. The van der Waals surface area contributed by atoms with Gasteiger partial charge in [0.05, 0.1) is 6.04 Å². The molecule has 0 bridgehead atoms. The monoisotopic (exact) mass is 548 g/mol. The number of rotatable bonds is 2. The fourth-order valence-corrected chi connectivity index (χ4v) is 4.28. The summed E-state index contributed by atoms with van der Waals surface area (Å²) in [6.07, 6.45) is 4.17. The molecule has 2 aliphatic rings. The molecule has 2 aromatic carbocycles. The van der Waals surface area contributed by atoms with Gasteiger partial charge in [0.2, 0.25) is 0 Å². The van der Waals surface area contributed by atoms with E-state index in [9.17, 15) is 4.79 Å². The van der Waals surface area contributed by atoms with E-state index < -0.39 is 5.60 Å². The second kappa shape index (κ2) is 10.8. The quantitative estimate of drug-likeness (QED) is 0.388. The highest BCUT2D eigenvalue weighted by molar-refractivity contribution is 9.10. The number of nitrogens with zero attached hydrogens (tertiary/aromatic N) is 2. The van der Waals surface area contributed by atoms with Crippen LogP contribution >= 0.6 is 31.9 Å². The highest BCUT2D eigenvalue weighted by Gasteiger charge is 2.32. The van der Waals surface area contributed by atoms with E-state index in [1.165, 1.54) is 23.3 Å². The van der Waals surface area contributed by atoms with Gasteiger partial charge in [0.1, 0.15) is 5.60 Å². The molecule has 4 rings (SSSR count). The van der Waals surface area contributed by atoms with Crippen molar-refractivity contribution in [2.75, 3.05) is 13.1 Å². The summed E-state index contributed by atoms with van der Waals surface area (Å²) < 4.78 is 7.66. The summed E-state index contributed by atoms with van der Waals surface area (Å²) in [6, 6.07) is 16.7. The van der Waals surface area contributed by atoms with E-state index in [0.29, 0.717) is 0 Å². The molecule has 6 heteroatoms. The van der Waals surface area contributed by atoms with Crippen molar-refractivity contribution in [2.45, 2.75) is 58.1 Å². The minimum Gasteiger partial charge on any atom is -0.444 e. The molecule has 4 nitrogen and oxygen atoms in total. The third kappa shape index (κ3) is 7.18. The molecule has 0 spiro atoms. The standard InChI is InChI=1S/C15H20BrNO2.C10H10BrN/c1-15(2,3)19-14(18)17-10-4-5-13(17)11-6-8-12(16)9-7-11;11-9-5-3-8(4-6-9)10-2-1-7-12-10/h6-9,13H,4-5,10H2,1-3H3;3-6H,1-2,7H2. The van der Waals surface area contributed by atoms with Crippen molar-refractivity contribution < 1.29 is 9.53 Å². The first kappa shape index (κ1) is 24.0. The summed E-state index contributed by atoms with van der Waals surface area (Å²) in [7, 11) is 0. The summed E-state index contributed by atoms with van der Waals surface area (Å²) in [5, 5.41) is 0. The number of carbonyl (C=O) groups excluding carboxylic acids is 1. The van der Waals surface area contributed by atoms with Crippen LogP contribution in [0.1, 0.15) is 63.6 Å². The van der Waals surface area contributed by atoms with Crippen LogP contribution in [-0.4, -0.2) is 35.4 Å². The van der Waals surface area contributed by atoms with Crippen molar-refractivity contribution >= 4 is 43.7 Å². The molecule has 1 atom stereocenters. The minimum absolute atomic E-state index is 0.142. The van der Waals surface area contributed by atoms with E-state index in [-0.39, 0.29) is 12.1 Å². The lowest BCUT2D eigenvalue weighted by Crippen LogP contribution is -2.36. The van der Waals surface area contributed by atoms with E-state index in [1.54, 1.807) is 0 Å². The molecule has 31 heavy (non-hydrogen) atoms. The third-order valence-corrected chi connectivity index (χ3v) is 6.24. The number of carbonyl (C=O) groups is 1. The highest BCUT2D eigenvalue weighted by atomic mass is 79.9. The van der Waals surface area contributed by atoms with Crippen molar-refractivity contribution in [1.29, 1.82) is 0 Å². The van der Waals surface area contributed by atoms with Gasteiger partial charge in [0, 0.05) is 27.7 Å². The Morgan fingerprint density at radius 2 is 1.61 bits per heavy atom. The lowest BCUT2D eigenvalue weighted by molar-refractivity contribution is 0.0224. The Morgan fingerprint density at radius 1 is 1.00 bits per heavy atom. The molecule has 0 aromatic heterocycles. The van der Waals surface area contributed by atoms with E-state index in [0.717, 1.165) is 41.3 Å². The summed E-state index contributed by atoms with van der Waals surface area (Å²) in [5.41, 5.74) is 3.27. The molecule has 0 saturated carbocycles. The summed E-state index contributed by atoms with van der Waals surface area (Å²) in [4.78, 5) is 18.5. The zero-order valence-electron chi connectivity index (χ0n) is 18.4. The number of halogens is 2. The molecule has 2 aliphatic heterocycles. The fourth-order valence-electron chi connectivity index (χ4n) is 3.75. The molecule has 1 saturated heterocycles. The third-order valence-electron chi connectivity index (χ3n) is 5.19. The molecule has 1 amide bonds. The first-order valence-electron chi connectivity index (χ1n) is 10.8. The van der Waals surface area contributed by atoms with Crippen LogP contribution in [0.15, 0.2) is 62.5 Å². The van der Waals surface area contributed by atoms with Crippen molar-refractivity contribution in [3.8, 4) is 0 Å². The Morgan fingerprint density at radius 3 is 2.16 bits per heavy atom. The molecule has 166 valence electrons. The Bertz CT molecular complexity index is 903. The van der Waals surface area contributed by atoms with Gasteiger partial charge in [0.15, 0.2) is 0 Å². The van der Waals surface area contributed by atoms with Crippen LogP contribution < -0.4 is 0 Å². The number of likely N-dealkylation sites (tertiary alicyclic amines) is 1. The van der Waals surface area contributed by atoms with E-state index in [1.807, 2.05) is 37.8 Å². The average Bonchev–Trinajstić information content (AvgIpc) is 3.41. The SMILES string of the molecule is Brc1ccc(C2=NCCC2)cc1.CC(C)(C)OC(=O)N1CCCC1c1ccc(Br)cc1. The maximum Gasteiger partial charge on any atom is 0.410 e. The van der Waals surface area contributed by atoms with E-state index >= 15 is 0 Å². The molecular formula is C25H30Br2N2O2. The maximum atomic E-state index is 12.2.